The fourth-order valence-electron chi connectivity index (χ4n) is 4.06. The lowest BCUT2D eigenvalue weighted by atomic mass is 9.86. The third-order valence-electron chi connectivity index (χ3n) is 5.37. The first-order valence-corrected chi connectivity index (χ1v) is 8.66. The molecule has 0 aromatic carbocycles. The van der Waals surface area contributed by atoms with Crippen molar-refractivity contribution >= 4 is 27.3 Å². The van der Waals surface area contributed by atoms with Gasteiger partial charge in [-0.3, -0.25) is 14.2 Å². The van der Waals surface area contributed by atoms with E-state index in [2.05, 4.69) is 16.2 Å². The summed E-state index contributed by atoms with van der Waals surface area (Å²) < 4.78 is 2.02. The highest BCUT2D eigenvalue weighted by molar-refractivity contribution is 6.10. The van der Waals surface area contributed by atoms with Gasteiger partial charge in [0.05, 0.1) is 22.7 Å². The average molecular weight is 334 g/mol. The maximum atomic E-state index is 12.4. The lowest BCUT2D eigenvalue weighted by Crippen LogP contribution is -2.17. The monoisotopic (exact) mass is 334 g/mol. The molecule has 1 fully saturated rings. The second kappa shape index (κ2) is 5.39. The van der Waals surface area contributed by atoms with E-state index in [1.807, 2.05) is 16.5 Å². The van der Waals surface area contributed by atoms with Crippen LogP contribution in [0.5, 0.6) is 0 Å². The Bertz CT molecular complexity index is 1150. The van der Waals surface area contributed by atoms with Crippen molar-refractivity contribution in [2.45, 2.75) is 37.7 Å². The molecule has 5 rings (SSSR count). The highest BCUT2D eigenvalue weighted by atomic mass is 16.3. The number of H-pyrrole nitrogens is 1. The number of pyridine rings is 3. The zero-order chi connectivity index (χ0) is 17.0. The minimum Gasteiger partial charge on any atom is -0.393 e. The highest BCUT2D eigenvalue weighted by Gasteiger charge is 2.24. The van der Waals surface area contributed by atoms with E-state index in [-0.39, 0.29) is 11.7 Å². The minimum absolute atomic E-state index is 0.117. The van der Waals surface area contributed by atoms with Crippen LogP contribution in [0.2, 0.25) is 0 Å². The highest BCUT2D eigenvalue weighted by Crippen LogP contribution is 2.34. The van der Waals surface area contributed by atoms with E-state index in [9.17, 15) is 9.90 Å². The molecule has 126 valence electrons. The number of hydrogen-bond acceptors (Lipinski definition) is 4. The molecule has 0 atom stereocenters. The van der Waals surface area contributed by atoms with Crippen molar-refractivity contribution in [2.24, 2.45) is 0 Å². The molecule has 4 aromatic rings. The third-order valence-corrected chi connectivity index (χ3v) is 5.37. The van der Waals surface area contributed by atoms with Crippen LogP contribution < -0.4 is 5.56 Å². The molecule has 0 bridgehead atoms. The van der Waals surface area contributed by atoms with E-state index in [1.54, 1.807) is 18.6 Å². The number of rotatable bonds is 1. The zero-order valence-electron chi connectivity index (χ0n) is 13.6. The maximum Gasteiger partial charge on any atom is 0.258 e. The fourth-order valence-corrected chi connectivity index (χ4v) is 4.06. The summed E-state index contributed by atoms with van der Waals surface area (Å²) in [6.45, 7) is 0. The van der Waals surface area contributed by atoms with Crippen molar-refractivity contribution < 1.29 is 5.11 Å². The summed E-state index contributed by atoms with van der Waals surface area (Å²) in [5.41, 5.74) is 2.62. The molecule has 0 spiro atoms. The SMILES string of the molecule is O=c1[nH]ccc2c1c1cnccc1c1nc([C@H]3CC[C@H](O)CC3)cn21. The fraction of sp³-hybridized carbons (Fsp3) is 0.316. The summed E-state index contributed by atoms with van der Waals surface area (Å²) in [4.78, 5) is 24.3. The van der Waals surface area contributed by atoms with Gasteiger partial charge in [0.1, 0.15) is 5.65 Å². The smallest absolute Gasteiger partial charge is 0.258 e. The number of nitrogens with zero attached hydrogens (tertiary/aromatic N) is 3. The van der Waals surface area contributed by atoms with Gasteiger partial charge in [0.2, 0.25) is 0 Å². The molecule has 25 heavy (non-hydrogen) atoms. The number of aromatic nitrogens is 4. The molecule has 6 heteroatoms. The van der Waals surface area contributed by atoms with Crippen molar-refractivity contribution in [3.8, 4) is 0 Å². The molecule has 1 aliphatic rings. The van der Waals surface area contributed by atoms with Gasteiger partial charge in [-0.05, 0) is 37.8 Å². The van der Waals surface area contributed by atoms with Crippen LogP contribution in [0.3, 0.4) is 0 Å². The minimum atomic E-state index is -0.181. The van der Waals surface area contributed by atoms with Crippen LogP contribution in [-0.2, 0) is 0 Å². The summed E-state index contributed by atoms with van der Waals surface area (Å²) in [6, 6.07) is 3.82. The van der Waals surface area contributed by atoms with Crippen LogP contribution in [0.15, 0.2) is 41.7 Å². The summed E-state index contributed by atoms with van der Waals surface area (Å²) in [7, 11) is 0. The largest absolute Gasteiger partial charge is 0.393 e. The van der Waals surface area contributed by atoms with Gasteiger partial charge >= 0.3 is 0 Å². The van der Waals surface area contributed by atoms with Crippen LogP contribution >= 0.6 is 0 Å². The molecule has 1 aliphatic carbocycles. The Balaban J connectivity index is 1.83. The predicted molar refractivity (Wildman–Crippen MR) is 95.8 cm³/mol. The molecule has 4 heterocycles. The van der Waals surface area contributed by atoms with Crippen molar-refractivity contribution in [3.63, 3.8) is 0 Å². The Kier molecular flexibility index (Phi) is 3.15. The summed E-state index contributed by atoms with van der Waals surface area (Å²) in [5, 5.41) is 12.2. The Morgan fingerprint density at radius 3 is 2.84 bits per heavy atom. The molecule has 0 aliphatic heterocycles. The van der Waals surface area contributed by atoms with Crippen molar-refractivity contribution in [3.05, 3.63) is 53.0 Å². The van der Waals surface area contributed by atoms with E-state index >= 15 is 0 Å². The van der Waals surface area contributed by atoms with Crippen molar-refractivity contribution in [1.82, 2.24) is 19.4 Å². The van der Waals surface area contributed by atoms with Crippen molar-refractivity contribution in [2.75, 3.05) is 0 Å². The first-order chi connectivity index (χ1) is 12.2. The van der Waals surface area contributed by atoms with Gasteiger partial charge in [-0.1, -0.05) is 0 Å². The molecule has 6 nitrogen and oxygen atoms in total. The number of aliphatic hydroxyl groups is 1. The molecular formula is C19H18N4O2. The van der Waals surface area contributed by atoms with E-state index < -0.39 is 0 Å². The Hall–Kier alpha value is -2.73. The quantitative estimate of drug-likeness (QED) is 0.524. The van der Waals surface area contributed by atoms with Crippen LogP contribution in [0.4, 0.5) is 0 Å². The number of nitrogens with one attached hydrogen (secondary N) is 1. The first kappa shape index (κ1) is 14.6. The molecule has 0 unspecified atom stereocenters. The second-order valence-electron chi connectivity index (χ2n) is 6.85. The Morgan fingerprint density at radius 1 is 1.16 bits per heavy atom. The average Bonchev–Trinajstić information content (AvgIpc) is 3.08. The molecule has 1 saturated carbocycles. The Morgan fingerprint density at radius 2 is 2.00 bits per heavy atom. The number of imidazole rings is 1. The molecule has 0 amide bonds. The molecule has 0 radical (unpaired) electrons. The molecule has 2 N–H and O–H groups in total. The first-order valence-electron chi connectivity index (χ1n) is 8.66. The summed E-state index contributed by atoms with van der Waals surface area (Å²) in [6.07, 6.45) is 10.6. The molecular weight excluding hydrogens is 316 g/mol. The Labute approximate surface area is 143 Å². The normalized spacial score (nSPS) is 21.3. The van der Waals surface area contributed by atoms with E-state index in [0.717, 1.165) is 53.3 Å². The molecule has 4 aromatic heterocycles. The lowest BCUT2D eigenvalue weighted by Gasteiger charge is -2.23. The standard InChI is InChI=1S/C19H18N4O2/c24-12-3-1-11(2-4-12)15-10-23-16-6-8-21-19(25)17(16)14-9-20-7-5-13(14)18(23)22-15/h5-12,24H,1-4H2,(H,21,25)/t11-,12-. The number of aliphatic hydroxyl groups excluding tert-OH is 1. The number of aromatic amines is 1. The van der Waals surface area contributed by atoms with Gasteiger partial charge in [-0.15, -0.1) is 0 Å². The van der Waals surface area contributed by atoms with Crippen LogP contribution in [0, 0.1) is 0 Å². The zero-order valence-corrected chi connectivity index (χ0v) is 13.6. The summed E-state index contributed by atoms with van der Waals surface area (Å²) in [5.74, 6) is 0.359. The van der Waals surface area contributed by atoms with E-state index in [4.69, 9.17) is 4.98 Å². The van der Waals surface area contributed by atoms with Gasteiger partial charge in [-0.2, -0.15) is 0 Å². The van der Waals surface area contributed by atoms with Crippen molar-refractivity contribution in [1.29, 1.82) is 0 Å². The van der Waals surface area contributed by atoms with E-state index in [1.165, 1.54) is 0 Å². The van der Waals surface area contributed by atoms with Gasteiger partial charge in [0.15, 0.2) is 0 Å². The van der Waals surface area contributed by atoms with Gasteiger partial charge in [-0.25, -0.2) is 4.98 Å². The maximum absolute atomic E-state index is 12.4. The van der Waals surface area contributed by atoms with Crippen LogP contribution in [-0.4, -0.2) is 30.6 Å². The van der Waals surface area contributed by atoms with Crippen LogP contribution in [0.25, 0.3) is 27.3 Å². The lowest BCUT2D eigenvalue weighted by molar-refractivity contribution is 0.122. The number of hydrogen-bond donors (Lipinski definition) is 2. The number of fused-ring (bicyclic) bond motifs is 6. The second-order valence-corrected chi connectivity index (χ2v) is 6.85. The molecule has 0 saturated heterocycles. The van der Waals surface area contributed by atoms with Gasteiger partial charge in [0, 0.05) is 41.5 Å². The summed E-state index contributed by atoms with van der Waals surface area (Å²) >= 11 is 0. The van der Waals surface area contributed by atoms with Crippen LogP contribution in [0.1, 0.15) is 37.3 Å². The van der Waals surface area contributed by atoms with Gasteiger partial charge < -0.3 is 10.1 Å². The van der Waals surface area contributed by atoms with Gasteiger partial charge in [0.25, 0.3) is 5.56 Å². The topological polar surface area (TPSA) is 83.3 Å². The van der Waals surface area contributed by atoms with E-state index in [0.29, 0.717) is 11.3 Å². The predicted octanol–water partition coefficient (Wildman–Crippen LogP) is 2.74. The third kappa shape index (κ3) is 2.17.